The van der Waals surface area contributed by atoms with Crippen LogP contribution in [0.4, 0.5) is 0 Å². The summed E-state index contributed by atoms with van der Waals surface area (Å²) in [6.07, 6.45) is -1.72. The molecule has 0 bridgehead atoms. The molecular weight excluding hydrogens is 388 g/mol. The number of aliphatic hydroxyl groups excluding tert-OH is 1. The Bertz CT molecular complexity index is 623. The van der Waals surface area contributed by atoms with E-state index in [1.165, 1.54) is 13.8 Å². The van der Waals surface area contributed by atoms with Crippen molar-refractivity contribution in [2.45, 2.75) is 70.8 Å². The van der Waals surface area contributed by atoms with E-state index in [1.807, 2.05) is 0 Å². The molecule has 0 aliphatic heterocycles. The topological polar surface area (TPSA) is 208 Å². The van der Waals surface area contributed by atoms with Gasteiger partial charge >= 0.3 is 11.9 Å². The Morgan fingerprint density at radius 2 is 1.38 bits per heavy atom. The molecular formula is C17H30N4O8. The second-order valence-electron chi connectivity index (χ2n) is 6.88. The van der Waals surface area contributed by atoms with Crippen molar-refractivity contribution < 1.29 is 39.3 Å². The number of carboxylic acids is 2. The van der Waals surface area contributed by atoms with Crippen LogP contribution in [-0.2, 0) is 24.0 Å². The smallest absolute Gasteiger partial charge is 0.328 e. The second kappa shape index (κ2) is 12.0. The maximum atomic E-state index is 12.5. The zero-order valence-electron chi connectivity index (χ0n) is 16.8. The van der Waals surface area contributed by atoms with Crippen molar-refractivity contribution in [3.63, 3.8) is 0 Å². The Kier molecular flexibility index (Phi) is 10.8. The van der Waals surface area contributed by atoms with Gasteiger partial charge in [-0.25, -0.2) is 4.79 Å². The minimum atomic E-state index is -1.60. The van der Waals surface area contributed by atoms with Crippen LogP contribution in [0.2, 0.25) is 0 Å². The highest BCUT2D eigenvalue weighted by Crippen LogP contribution is 2.10. The first-order valence-corrected chi connectivity index (χ1v) is 9.11. The third-order valence-corrected chi connectivity index (χ3v) is 4.26. The van der Waals surface area contributed by atoms with Crippen molar-refractivity contribution in [1.82, 2.24) is 16.0 Å². The summed E-state index contributed by atoms with van der Waals surface area (Å²) in [6, 6.07) is -5.30. The summed E-state index contributed by atoms with van der Waals surface area (Å²) >= 11 is 0. The first-order chi connectivity index (χ1) is 13.3. The highest BCUT2D eigenvalue weighted by Gasteiger charge is 2.34. The van der Waals surface area contributed by atoms with E-state index in [0.717, 1.165) is 0 Å². The van der Waals surface area contributed by atoms with Crippen LogP contribution >= 0.6 is 0 Å². The third kappa shape index (κ3) is 8.87. The fourth-order valence-electron chi connectivity index (χ4n) is 2.27. The van der Waals surface area contributed by atoms with Crippen LogP contribution in [0.25, 0.3) is 0 Å². The van der Waals surface area contributed by atoms with Gasteiger partial charge in [0.2, 0.25) is 17.7 Å². The molecule has 0 heterocycles. The number of amides is 3. The Hall–Kier alpha value is -2.73. The lowest BCUT2D eigenvalue weighted by Gasteiger charge is -2.28. The number of nitrogens with two attached hydrogens (primary N) is 1. The predicted octanol–water partition coefficient (Wildman–Crippen LogP) is -2.23. The van der Waals surface area contributed by atoms with Gasteiger partial charge in [0, 0.05) is 0 Å². The molecule has 6 atom stereocenters. The highest BCUT2D eigenvalue weighted by molar-refractivity contribution is 5.95. The molecule has 0 aliphatic rings. The van der Waals surface area contributed by atoms with E-state index >= 15 is 0 Å². The fourth-order valence-corrected chi connectivity index (χ4v) is 2.27. The molecule has 29 heavy (non-hydrogen) atoms. The van der Waals surface area contributed by atoms with E-state index in [0.29, 0.717) is 6.42 Å². The van der Waals surface area contributed by atoms with Gasteiger partial charge in [-0.1, -0.05) is 20.3 Å². The quantitative estimate of drug-likeness (QED) is 0.183. The first-order valence-electron chi connectivity index (χ1n) is 9.11. The van der Waals surface area contributed by atoms with Gasteiger partial charge in [-0.3, -0.25) is 19.2 Å². The average molecular weight is 418 g/mol. The Balaban J connectivity index is 5.52. The molecule has 6 unspecified atom stereocenters. The zero-order valence-corrected chi connectivity index (χ0v) is 16.8. The van der Waals surface area contributed by atoms with Crippen LogP contribution in [0.5, 0.6) is 0 Å². The van der Waals surface area contributed by atoms with Gasteiger partial charge in [0.1, 0.15) is 12.1 Å². The van der Waals surface area contributed by atoms with Gasteiger partial charge in [0.15, 0.2) is 6.04 Å². The summed E-state index contributed by atoms with van der Waals surface area (Å²) in [7, 11) is 0. The summed E-state index contributed by atoms with van der Waals surface area (Å²) < 4.78 is 0. The molecule has 0 aromatic rings. The first kappa shape index (κ1) is 26.3. The summed E-state index contributed by atoms with van der Waals surface area (Å²) in [5.74, 6) is -5.84. The average Bonchev–Trinajstić information content (AvgIpc) is 2.61. The van der Waals surface area contributed by atoms with Gasteiger partial charge in [-0.15, -0.1) is 0 Å². The van der Waals surface area contributed by atoms with E-state index in [1.54, 1.807) is 13.8 Å². The molecule has 0 aliphatic carbocycles. The van der Waals surface area contributed by atoms with Crippen LogP contribution in [0, 0.1) is 5.92 Å². The van der Waals surface area contributed by atoms with Gasteiger partial charge in [-0.05, 0) is 19.8 Å². The van der Waals surface area contributed by atoms with Crippen LogP contribution in [0.15, 0.2) is 0 Å². The number of nitrogens with one attached hydrogen (secondary N) is 3. The molecule has 8 N–H and O–H groups in total. The van der Waals surface area contributed by atoms with E-state index < -0.39 is 72.3 Å². The Morgan fingerprint density at radius 3 is 1.76 bits per heavy atom. The molecule has 12 nitrogen and oxygen atoms in total. The van der Waals surface area contributed by atoms with E-state index in [2.05, 4.69) is 16.0 Å². The molecule has 0 aromatic carbocycles. The number of hydrogen-bond acceptors (Lipinski definition) is 7. The summed E-state index contributed by atoms with van der Waals surface area (Å²) in [6.45, 7) is 5.88. The maximum absolute atomic E-state index is 12.5. The minimum absolute atomic E-state index is 0.417. The normalized spacial score (nSPS) is 17.0. The fraction of sp³-hybridized carbons (Fsp3) is 0.706. The Labute approximate surface area is 168 Å². The summed E-state index contributed by atoms with van der Waals surface area (Å²) in [4.78, 5) is 59.1. The van der Waals surface area contributed by atoms with Crippen molar-refractivity contribution in [1.29, 1.82) is 0 Å². The van der Waals surface area contributed by atoms with E-state index in [-0.39, 0.29) is 0 Å². The molecule has 0 saturated heterocycles. The van der Waals surface area contributed by atoms with Crippen molar-refractivity contribution in [2.24, 2.45) is 11.7 Å². The number of carbonyl (C=O) groups excluding carboxylic acids is 3. The van der Waals surface area contributed by atoms with Crippen LogP contribution in [0.1, 0.15) is 40.5 Å². The monoisotopic (exact) mass is 418 g/mol. The molecule has 0 rings (SSSR count). The van der Waals surface area contributed by atoms with Crippen molar-refractivity contribution >= 4 is 29.7 Å². The summed E-state index contributed by atoms with van der Waals surface area (Å²) in [5, 5.41) is 34.3. The molecule has 0 fully saturated rings. The predicted molar refractivity (Wildman–Crippen MR) is 100 cm³/mol. The lowest BCUT2D eigenvalue weighted by atomic mass is 9.97. The number of carboxylic acid groups (broad SMARTS) is 2. The van der Waals surface area contributed by atoms with Gasteiger partial charge < -0.3 is 37.0 Å². The number of rotatable bonds is 12. The van der Waals surface area contributed by atoms with Crippen molar-refractivity contribution in [3.8, 4) is 0 Å². The third-order valence-electron chi connectivity index (χ3n) is 4.26. The molecule has 12 heteroatoms. The second-order valence-corrected chi connectivity index (χ2v) is 6.88. The van der Waals surface area contributed by atoms with Gasteiger partial charge in [-0.2, -0.15) is 0 Å². The SMILES string of the molecule is CCC(C)C(NC(=O)C(CC(=O)O)NC(=O)C(C)N)C(=O)NC(C(=O)O)C(C)O. The molecule has 0 spiro atoms. The molecule has 0 radical (unpaired) electrons. The van der Waals surface area contributed by atoms with Gasteiger partial charge in [0.05, 0.1) is 18.6 Å². The van der Waals surface area contributed by atoms with Crippen LogP contribution < -0.4 is 21.7 Å². The molecule has 3 amide bonds. The van der Waals surface area contributed by atoms with Crippen LogP contribution in [-0.4, -0.2) is 75.3 Å². The van der Waals surface area contributed by atoms with Gasteiger partial charge in [0.25, 0.3) is 0 Å². The van der Waals surface area contributed by atoms with E-state index in [9.17, 15) is 29.1 Å². The van der Waals surface area contributed by atoms with Crippen molar-refractivity contribution in [2.75, 3.05) is 0 Å². The number of hydrogen-bond donors (Lipinski definition) is 7. The standard InChI is InChI=1S/C17H30N4O8/c1-5-7(2)12(16(27)21-13(9(4)22)17(28)29)20-15(26)10(6-11(23)24)19-14(25)8(3)18/h7-10,12-13,22H,5-6,18H2,1-4H3,(H,19,25)(H,20,26)(H,21,27)(H,23,24)(H,28,29). The number of aliphatic carboxylic acids is 2. The number of aliphatic hydroxyl groups is 1. The highest BCUT2D eigenvalue weighted by atomic mass is 16.4. The lowest BCUT2D eigenvalue weighted by Crippen LogP contribution is -2.59. The Morgan fingerprint density at radius 1 is 0.862 bits per heavy atom. The number of carbonyl (C=O) groups is 5. The lowest BCUT2D eigenvalue weighted by molar-refractivity contribution is -0.146. The largest absolute Gasteiger partial charge is 0.481 e. The molecule has 0 saturated carbocycles. The maximum Gasteiger partial charge on any atom is 0.328 e. The minimum Gasteiger partial charge on any atom is -0.481 e. The summed E-state index contributed by atoms with van der Waals surface area (Å²) in [5.41, 5.74) is 5.41. The van der Waals surface area contributed by atoms with E-state index in [4.69, 9.17) is 15.9 Å². The molecule has 166 valence electrons. The van der Waals surface area contributed by atoms with Crippen LogP contribution in [0.3, 0.4) is 0 Å². The van der Waals surface area contributed by atoms with Crippen molar-refractivity contribution in [3.05, 3.63) is 0 Å². The molecule has 0 aromatic heterocycles. The zero-order chi connectivity index (χ0) is 22.9.